The number of hydrogen-bond acceptors (Lipinski definition) is 2. The summed E-state index contributed by atoms with van der Waals surface area (Å²) in [7, 11) is 0. The third-order valence-electron chi connectivity index (χ3n) is 2.47. The molecular weight excluding hydrogens is 210 g/mol. The Hall–Kier alpha value is -0.120. The SMILES string of the molecule is CC1CCCCC1(Br)[N+](=O)[O-]. The standard InChI is InChI=1S/C7H12BrNO2/c1-6-4-2-3-5-7(6,8)9(10)11/h6H,2-5H2,1H3. The minimum Gasteiger partial charge on any atom is -0.263 e. The number of halogens is 1. The second-order valence-corrected chi connectivity index (χ2v) is 4.60. The van der Waals surface area contributed by atoms with E-state index < -0.39 is 4.45 Å². The van der Waals surface area contributed by atoms with Crippen LogP contribution in [0.3, 0.4) is 0 Å². The van der Waals surface area contributed by atoms with E-state index in [1.807, 2.05) is 6.92 Å². The maximum atomic E-state index is 10.6. The number of nitrogens with zero attached hydrogens (tertiary/aromatic N) is 1. The van der Waals surface area contributed by atoms with E-state index in [0.717, 1.165) is 19.3 Å². The quantitative estimate of drug-likeness (QED) is 0.296. The lowest BCUT2D eigenvalue weighted by Crippen LogP contribution is -2.40. The Kier molecular flexibility index (Phi) is 2.52. The molecule has 0 heterocycles. The molecule has 2 unspecified atom stereocenters. The van der Waals surface area contributed by atoms with Crippen LogP contribution in [0.1, 0.15) is 32.6 Å². The molecule has 64 valence electrons. The maximum Gasteiger partial charge on any atom is 0.277 e. The van der Waals surface area contributed by atoms with E-state index in [-0.39, 0.29) is 10.8 Å². The van der Waals surface area contributed by atoms with Crippen LogP contribution >= 0.6 is 15.9 Å². The van der Waals surface area contributed by atoms with Gasteiger partial charge in [0.2, 0.25) is 0 Å². The first kappa shape index (κ1) is 8.97. The lowest BCUT2D eigenvalue weighted by Gasteiger charge is -2.29. The Morgan fingerprint density at radius 2 is 2.27 bits per heavy atom. The molecule has 2 atom stereocenters. The number of hydrogen-bond donors (Lipinski definition) is 0. The summed E-state index contributed by atoms with van der Waals surface area (Å²) in [6.45, 7) is 1.94. The van der Waals surface area contributed by atoms with Crippen molar-refractivity contribution in [2.75, 3.05) is 0 Å². The predicted molar refractivity (Wildman–Crippen MR) is 46.3 cm³/mol. The first-order chi connectivity index (χ1) is 5.07. The number of alkyl halides is 1. The maximum absolute atomic E-state index is 10.6. The average Bonchev–Trinajstić information content (AvgIpc) is 1.95. The lowest BCUT2D eigenvalue weighted by atomic mass is 9.86. The second kappa shape index (κ2) is 3.09. The molecule has 3 nitrogen and oxygen atoms in total. The fourth-order valence-corrected chi connectivity index (χ4v) is 2.07. The van der Waals surface area contributed by atoms with Gasteiger partial charge in [0.1, 0.15) is 0 Å². The fourth-order valence-electron chi connectivity index (χ4n) is 1.56. The highest BCUT2D eigenvalue weighted by atomic mass is 79.9. The zero-order valence-corrected chi connectivity index (χ0v) is 8.13. The van der Waals surface area contributed by atoms with Gasteiger partial charge in [-0.15, -0.1) is 0 Å². The molecular formula is C7H12BrNO2. The Labute approximate surface area is 74.4 Å². The summed E-state index contributed by atoms with van der Waals surface area (Å²) >= 11 is 3.23. The van der Waals surface area contributed by atoms with Crippen LogP contribution in [0.15, 0.2) is 0 Å². The Morgan fingerprint density at radius 3 is 2.64 bits per heavy atom. The third-order valence-corrected chi connectivity index (χ3v) is 3.94. The molecule has 0 N–H and O–H groups in total. The Balaban J connectivity index is 2.72. The molecule has 1 aliphatic carbocycles. The summed E-state index contributed by atoms with van der Waals surface area (Å²) in [5, 5.41) is 10.6. The van der Waals surface area contributed by atoms with Gasteiger partial charge in [-0.2, -0.15) is 0 Å². The van der Waals surface area contributed by atoms with Crippen LogP contribution in [-0.4, -0.2) is 9.37 Å². The molecule has 0 aromatic carbocycles. The van der Waals surface area contributed by atoms with Gasteiger partial charge in [-0.1, -0.05) is 13.3 Å². The highest BCUT2D eigenvalue weighted by Gasteiger charge is 2.46. The molecule has 0 aromatic rings. The van der Waals surface area contributed by atoms with Gasteiger partial charge in [0.15, 0.2) is 0 Å². The normalized spacial score (nSPS) is 38.5. The highest BCUT2D eigenvalue weighted by Crippen LogP contribution is 2.40. The molecule has 0 radical (unpaired) electrons. The molecule has 0 spiro atoms. The number of nitro groups is 1. The van der Waals surface area contributed by atoms with Crippen LogP contribution < -0.4 is 0 Å². The van der Waals surface area contributed by atoms with Gasteiger partial charge in [-0.25, -0.2) is 0 Å². The molecule has 1 saturated carbocycles. The van der Waals surface area contributed by atoms with Crippen LogP contribution in [0.2, 0.25) is 0 Å². The van der Waals surface area contributed by atoms with Crippen molar-refractivity contribution in [3.63, 3.8) is 0 Å². The summed E-state index contributed by atoms with van der Waals surface area (Å²) < 4.78 is -0.828. The van der Waals surface area contributed by atoms with E-state index in [0.29, 0.717) is 6.42 Å². The van der Waals surface area contributed by atoms with Gasteiger partial charge in [0.25, 0.3) is 4.45 Å². The van der Waals surface area contributed by atoms with Gasteiger partial charge in [0, 0.05) is 33.2 Å². The van der Waals surface area contributed by atoms with Crippen LogP contribution in [0.25, 0.3) is 0 Å². The molecule has 0 aliphatic heterocycles. The van der Waals surface area contributed by atoms with Gasteiger partial charge in [-0.3, -0.25) is 10.1 Å². The van der Waals surface area contributed by atoms with E-state index in [1.54, 1.807) is 0 Å². The van der Waals surface area contributed by atoms with Crippen molar-refractivity contribution >= 4 is 15.9 Å². The molecule has 0 bridgehead atoms. The monoisotopic (exact) mass is 221 g/mol. The Morgan fingerprint density at radius 1 is 1.64 bits per heavy atom. The van der Waals surface area contributed by atoms with E-state index in [2.05, 4.69) is 15.9 Å². The largest absolute Gasteiger partial charge is 0.277 e. The summed E-state index contributed by atoms with van der Waals surface area (Å²) in [4.78, 5) is 10.5. The van der Waals surface area contributed by atoms with Crippen molar-refractivity contribution in [2.24, 2.45) is 5.92 Å². The molecule has 0 saturated heterocycles. The summed E-state index contributed by atoms with van der Waals surface area (Å²) in [5.41, 5.74) is 0. The molecule has 1 fully saturated rings. The van der Waals surface area contributed by atoms with Crippen molar-refractivity contribution < 1.29 is 4.92 Å². The van der Waals surface area contributed by atoms with Crippen LogP contribution in [-0.2, 0) is 0 Å². The smallest absolute Gasteiger partial charge is 0.263 e. The summed E-state index contributed by atoms with van der Waals surface area (Å²) in [5.74, 6) is 0.159. The molecule has 1 rings (SSSR count). The van der Waals surface area contributed by atoms with Crippen molar-refractivity contribution in [1.29, 1.82) is 0 Å². The van der Waals surface area contributed by atoms with Crippen molar-refractivity contribution in [2.45, 2.75) is 37.1 Å². The first-order valence-electron chi connectivity index (χ1n) is 3.91. The van der Waals surface area contributed by atoms with E-state index in [9.17, 15) is 10.1 Å². The highest BCUT2D eigenvalue weighted by molar-refractivity contribution is 9.10. The average molecular weight is 222 g/mol. The zero-order valence-electron chi connectivity index (χ0n) is 6.55. The van der Waals surface area contributed by atoms with E-state index in [1.165, 1.54) is 0 Å². The summed E-state index contributed by atoms with van der Waals surface area (Å²) in [6, 6.07) is 0. The van der Waals surface area contributed by atoms with Crippen LogP contribution in [0.4, 0.5) is 0 Å². The third kappa shape index (κ3) is 1.55. The predicted octanol–water partition coefficient (Wildman–Crippen LogP) is 2.56. The van der Waals surface area contributed by atoms with Gasteiger partial charge in [0.05, 0.1) is 0 Å². The molecule has 0 amide bonds. The lowest BCUT2D eigenvalue weighted by molar-refractivity contribution is -0.548. The summed E-state index contributed by atoms with van der Waals surface area (Å²) in [6.07, 6.45) is 3.73. The van der Waals surface area contributed by atoms with E-state index in [4.69, 9.17) is 0 Å². The minimum atomic E-state index is -0.828. The number of rotatable bonds is 1. The van der Waals surface area contributed by atoms with Crippen molar-refractivity contribution in [3.05, 3.63) is 10.1 Å². The zero-order chi connectivity index (χ0) is 8.48. The first-order valence-corrected chi connectivity index (χ1v) is 4.70. The molecule has 1 aliphatic rings. The second-order valence-electron chi connectivity index (χ2n) is 3.22. The van der Waals surface area contributed by atoms with E-state index >= 15 is 0 Å². The molecule has 0 aromatic heterocycles. The fraction of sp³-hybridized carbons (Fsp3) is 1.00. The molecule has 11 heavy (non-hydrogen) atoms. The molecule has 4 heteroatoms. The van der Waals surface area contributed by atoms with Gasteiger partial charge in [-0.05, 0) is 12.8 Å². The van der Waals surface area contributed by atoms with Gasteiger partial charge < -0.3 is 0 Å². The van der Waals surface area contributed by atoms with Crippen molar-refractivity contribution in [3.8, 4) is 0 Å². The minimum absolute atomic E-state index is 0.159. The van der Waals surface area contributed by atoms with Crippen LogP contribution in [0, 0.1) is 16.0 Å². The topological polar surface area (TPSA) is 43.1 Å². The van der Waals surface area contributed by atoms with Crippen LogP contribution in [0.5, 0.6) is 0 Å². The van der Waals surface area contributed by atoms with Gasteiger partial charge >= 0.3 is 0 Å². The Bertz CT molecular complexity index is 174. The van der Waals surface area contributed by atoms with Crippen molar-refractivity contribution in [1.82, 2.24) is 0 Å².